The molecular weight excluding hydrogens is 264 g/mol. The number of nitrogen functional groups attached to an aromatic ring is 1. The number of nitrogens with zero attached hydrogens (tertiary/aromatic N) is 1. The Morgan fingerprint density at radius 1 is 1.53 bits per heavy atom. The van der Waals surface area contributed by atoms with Gasteiger partial charge in [0.05, 0.1) is 17.3 Å². The normalized spacial score (nSPS) is 12.2. The molecule has 0 heterocycles. The van der Waals surface area contributed by atoms with Crippen molar-refractivity contribution in [3.05, 3.63) is 28.8 Å². The predicted octanol–water partition coefficient (Wildman–Crippen LogP) is 2.81. The van der Waals surface area contributed by atoms with Gasteiger partial charge in [-0.05, 0) is 31.5 Å². The lowest BCUT2D eigenvalue weighted by Gasteiger charge is -2.28. The fourth-order valence-corrected chi connectivity index (χ4v) is 1.94. The monoisotopic (exact) mass is 284 g/mol. The molecule has 0 aliphatic rings. The minimum absolute atomic E-state index is 0.0479. The average molecular weight is 285 g/mol. The summed E-state index contributed by atoms with van der Waals surface area (Å²) in [6, 6.07) is 5.12. The molecule has 0 radical (unpaired) electrons. The van der Waals surface area contributed by atoms with Crippen LogP contribution < -0.4 is 5.73 Å². The first-order valence-electron chi connectivity index (χ1n) is 6.36. The van der Waals surface area contributed by atoms with Crippen LogP contribution in [0.25, 0.3) is 0 Å². The van der Waals surface area contributed by atoms with Crippen LogP contribution in [0, 0.1) is 0 Å². The molecule has 0 aliphatic carbocycles. The lowest BCUT2D eigenvalue weighted by Crippen LogP contribution is -2.40. The van der Waals surface area contributed by atoms with Crippen LogP contribution in [0.3, 0.4) is 0 Å². The third-order valence-corrected chi connectivity index (χ3v) is 3.49. The SMILES string of the molecule is CCC(C)N(CCOC)C(=O)c1ccc(N)c(Cl)c1. The fraction of sp³-hybridized carbons (Fsp3) is 0.500. The topological polar surface area (TPSA) is 55.6 Å². The molecule has 1 aromatic carbocycles. The van der Waals surface area contributed by atoms with Crippen molar-refractivity contribution < 1.29 is 9.53 Å². The van der Waals surface area contributed by atoms with Crippen LogP contribution >= 0.6 is 11.6 Å². The van der Waals surface area contributed by atoms with Crippen LogP contribution in [0.5, 0.6) is 0 Å². The van der Waals surface area contributed by atoms with E-state index in [0.717, 1.165) is 6.42 Å². The number of methoxy groups -OCH3 is 1. The van der Waals surface area contributed by atoms with Gasteiger partial charge in [0, 0.05) is 25.3 Å². The quantitative estimate of drug-likeness (QED) is 0.817. The molecule has 1 amide bonds. The van der Waals surface area contributed by atoms with E-state index in [1.54, 1.807) is 30.2 Å². The van der Waals surface area contributed by atoms with Crippen molar-refractivity contribution in [3.63, 3.8) is 0 Å². The van der Waals surface area contributed by atoms with Crippen molar-refractivity contribution in [2.75, 3.05) is 26.0 Å². The molecule has 1 unspecified atom stereocenters. The van der Waals surface area contributed by atoms with Gasteiger partial charge in [-0.25, -0.2) is 0 Å². The molecule has 0 saturated heterocycles. The first-order valence-corrected chi connectivity index (χ1v) is 6.74. The minimum Gasteiger partial charge on any atom is -0.398 e. The number of hydrogen-bond acceptors (Lipinski definition) is 3. The zero-order valence-electron chi connectivity index (χ0n) is 11.6. The number of carbonyl (C=O) groups is 1. The van der Waals surface area contributed by atoms with Gasteiger partial charge in [0.25, 0.3) is 5.91 Å². The Labute approximate surface area is 119 Å². The Bertz CT molecular complexity index is 437. The Morgan fingerprint density at radius 3 is 2.74 bits per heavy atom. The summed E-state index contributed by atoms with van der Waals surface area (Å²) in [4.78, 5) is 14.3. The number of carbonyl (C=O) groups excluding carboxylic acids is 1. The third-order valence-electron chi connectivity index (χ3n) is 3.17. The second-order valence-corrected chi connectivity index (χ2v) is 4.89. The molecule has 0 fully saturated rings. The highest BCUT2D eigenvalue weighted by Crippen LogP contribution is 2.21. The van der Waals surface area contributed by atoms with Gasteiger partial charge in [0.2, 0.25) is 0 Å². The summed E-state index contributed by atoms with van der Waals surface area (Å²) in [6.07, 6.45) is 0.887. The Kier molecular flexibility index (Phi) is 6.12. The van der Waals surface area contributed by atoms with Crippen molar-refractivity contribution in [2.24, 2.45) is 0 Å². The Balaban J connectivity index is 2.94. The van der Waals surface area contributed by atoms with E-state index in [9.17, 15) is 4.79 Å². The van der Waals surface area contributed by atoms with Crippen LogP contribution in [0.2, 0.25) is 5.02 Å². The molecule has 1 aromatic rings. The van der Waals surface area contributed by atoms with E-state index >= 15 is 0 Å². The fourth-order valence-electron chi connectivity index (χ4n) is 1.76. The highest BCUT2D eigenvalue weighted by molar-refractivity contribution is 6.33. The molecule has 5 heteroatoms. The smallest absolute Gasteiger partial charge is 0.254 e. The van der Waals surface area contributed by atoms with E-state index in [-0.39, 0.29) is 11.9 Å². The van der Waals surface area contributed by atoms with Crippen LogP contribution in [-0.4, -0.2) is 37.1 Å². The lowest BCUT2D eigenvalue weighted by molar-refractivity contribution is 0.0614. The molecule has 0 aromatic heterocycles. The van der Waals surface area contributed by atoms with Crippen LogP contribution in [0.4, 0.5) is 5.69 Å². The number of benzene rings is 1. The van der Waals surface area contributed by atoms with E-state index in [1.165, 1.54) is 0 Å². The molecule has 19 heavy (non-hydrogen) atoms. The van der Waals surface area contributed by atoms with Crippen molar-refractivity contribution in [1.82, 2.24) is 4.90 Å². The number of amides is 1. The van der Waals surface area contributed by atoms with Gasteiger partial charge in [-0.2, -0.15) is 0 Å². The van der Waals surface area contributed by atoms with E-state index in [1.807, 2.05) is 13.8 Å². The lowest BCUT2D eigenvalue weighted by atomic mass is 10.1. The molecule has 2 N–H and O–H groups in total. The second kappa shape index (κ2) is 7.36. The standard InChI is InChI=1S/C14H21ClN2O2/c1-4-10(2)17(7-8-19-3)14(18)11-5-6-13(16)12(15)9-11/h5-6,9-10H,4,7-8,16H2,1-3H3. The van der Waals surface area contributed by atoms with E-state index in [4.69, 9.17) is 22.1 Å². The summed E-state index contributed by atoms with van der Waals surface area (Å²) in [5.74, 6) is -0.0479. The van der Waals surface area contributed by atoms with E-state index in [2.05, 4.69) is 0 Å². The maximum absolute atomic E-state index is 12.5. The third kappa shape index (κ3) is 4.11. The van der Waals surface area contributed by atoms with Gasteiger partial charge in [-0.1, -0.05) is 18.5 Å². The molecule has 1 atom stereocenters. The van der Waals surface area contributed by atoms with Crippen LogP contribution in [-0.2, 0) is 4.74 Å². The van der Waals surface area contributed by atoms with Gasteiger partial charge in [-0.15, -0.1) is 0 Å². The number of hydrogen-bond donors (Lipinski definition) is 1. The van der Waals surface area contributed by atoms with Crippen molar-refractivity contribution in [3.8, 4) is 0 Å². The summed E-state index contributed by atoms with van der Waals surface area (Å²) in [6.45, 7) is 5.14. The molecule has 1 rings (SSSR count). The van der Waals surface area contributed by atoms with Gasteiger partial charge in [-0.3, -0.25) is 4.79 Å². The van der Waals surface area contributed by atoms with Gasteiger partial charge in [0.1, 0.15) is 0 Å². The molecule has 0 spiro atoms. The first kappa shape index (κ1) is 15.8. The Hall–Kier alpha value is -1.26. The summed E-state index contributed by atoms with van der Waals surface area (Å²) in [5.41, 5.74) is 6.68. The number of halogens is 1. The highest BCUT2D eigenvalue weighted by atomic mass is 35.5. The van der Waals surface area contributed by atoms with Crippen LogP contribution in [0.15, 0.2) is 18.2 Å². The van der Waals surface area contributed by atoms with E-state index in [0.29, 0.717) is 29.4 Å². The predicted molar refractivity (Wildman–Crippen MR) is 78.5 cm³/mol. The van der Waals surface area contributed by atoms with Gasteiger partial charge >= 0.3 is 0 Å². The Morgan fingerprint density at radius 2 is 2.21 bits per heavy atom. The van der Waals surface area contributed by atoms with Gasteiger partial charge < -0.3 is 15.4 Å². The maximum Gasteiger partial charge on any atom is 0.254 e. The average Bonchev–Trinajstić information content (AvgIpc) is 2.41. The van der Waals surface area contributed by atoms with E-state index < -0.39 is 0 Å². The van der Waals surface area contributed by atoms with Crippen molar-refractivity contribution in [1.29, 1.82) is 0 Å². The molecule has 4 nitrogen and oxygen atoms in total. The summed E-state index contributed by atoms with van der Waals surface area (Å²) in [7, 11) is 1.62. The van der Waals surface area contributed by atoms with Gasteiger partial charge in [0.15, 0.2) is 0 Å². The number of rotatable bonds is 6. The molecule has 0 aliphatic heterocycles. The molecule has 0 saturated carbocycles. The minimum atomic E-state index is -0.0479. The zero-order valence-corrected chi connectivity index (χ0v) is 12.4. The highest BCUT2D eigenvalue weighted by Gasteiger charge is 2.20. The molecule has 0 bridgehead atoms. The second-order valence-electron chi connectivity index (χ2n) is 4.48. The summed E-state index contributed by atoms with van der Waals surface area (Å²) in [5, 5.41) is 0.404. The largest absolute Gasteiger partial charge is 0.398 e. The summed E-state index contributed by atoms with van der Waals surface area (Å²) < 4.78 is 5.06. The number of anilines is 1. The first-order chi connectivity index (χ1) is 9.01. The zero-order chi connectivity index (χ0) is 14.4. The maximum atomic E-state index is 12.5. The molecular formula is C14H21ClN2O2. The number of ether oxygens (including phenoxy) is 1. The number of nitrogens with two attached hydrogens (primary N) is 1. The molecule has 106 valence electrons. The summed E-state index contributed by atoms with van der Waals surface area (Å²) >= 11 is 5.96. The van der Waals surface area contributed by atoms with Crippen molar-refractivity contribution >= 4 is 23.2 Å². The van der Waals surface area contributed by atoms with Crippen LogP contribution in [0.1, 0.15) is 30.6 Å². The van der Waals surface area contributed by atoms with Crippen molar-refractivity contribution in [2.45, 2.75) is 26.3 Å².